The molecule has 0 aliphatic heterocycles. The van der Waals surface area contributed by atoms with E-state index < -0.39 is 30.1 Å². The van der Waals surface area contributed by atoms with Crippen molar-refractivity contribution in [1.82, 2.24) is 24.4 Å². The Balaban J connectivity index is 1.58. The molecule has 0 saturated carbocycles. The zero-order valence-electron chi connectivity index (χ0n) is 16.4. The fraction of sp³-hybridized carbons (Fsp3) is 0.200. The Morgan fingerprint density at radius 2 is 1.88 bits per heavy atom. The molecule has 0 bridgehead atoms. The first-order chi connectivity index (χ1) is 15.2. The van der Waals surface area contributed by atoms with E-state index in [0.717, 1.165) is 17.3 Å². The highest BCUT2D eigenvalue weighted by Gasteiger charge is 2.22. The first-order valence-electron chi connectivity index (χ1n) is 9.28. The molecule has 1 aromatic carbocycles. The van der Waals surface area contributed by atoms with Gasteiger partial charge in [-0.1, -0.05) is 23.7 Å². The molecular formula is C20H15ClF4N6O. The average molecular weight is 467 g/mol. The fourth-order valence-electron chi connectivity index (χ4n) is 3.12. The molecule has 0 fully saturated rings. The Morgan fingerprint density at radius 1 is 1.09 bits per heavy atom. The van der Waals surface area contributed by atoms with E-state index in [0.29, 0.717) is 22.1 Å². The normalized spacial score (nSPS) is 11.6. The van der Waals surface area contributed by atoms with Gasteiger partial charge in [0.15, 0.2) is 17.2 Å². The summed E-state index contributed by atoms with van der Waals surface area (Å²) in [6.07, 6.45) is -6.13. The lowest BCUT2D eigenvalue weighted by molar-refractivity contribution is 0.102. The van der Waals surface area contributed by atoms with E-state index in [-0.39, 0.29) is 17.2 Å². The molecule has 166 valence electrons. The van der Waals surface area contributed by atoms with Gasteiger partial charge in [0.1, 0.15) is 11.4 Å². The van der Waals surface area contributed by atoms with Crippen LogP contribution in [0.2, 0.25) is 5.02 Å². The Hall–Kier alpha value is -3.47. The lowest BCUT2D eigenvalue weighted by Gasteiger charge is -2.06. The summed E-state index contributed by atoms with van der Waals surface area (Å²) in [4.78, 5) is 16.2. The van der Waals surface area contributed by atoms with Crippen molar-refractivity contribution in [3.8, 4) is 0 Å². The summed E-state index contributed by atoms with van der Waals surface area (Å²) in [6, 6.07) is 10.5. The van der Waals surface area contributed by atoms with Crippen molar-refractivity contribution in [1.29, 1.82) is 0 Å². The lowest BCUT2D eigenvalue weighted by atomic mass is 10.2. The van der Waals surface area contributed by atoms with Crippen LogP contribution in [0.15, 0.2) is 42.5 Å². The van der Waals surface area contributed by atoms with Crippen molar-refractivity contribution < 1.29 is 22.4 Å². The minimum atomic E-state index is -3.08. The third kappa shape index (κ3) is 4.42. The zero-order valence-corrected chi connectivity index (χ0v) is 17.2. The van der Waals surface area contributed by atoms with E-state index in [1.807, 2.05) is 12.1 Å². The number of hydrogen-bond donors (Lipinski definition) is 1. The molecular weight excluding hydrogens is 452 g/mol. The van der Waals surface area contributed by atoms with Crippen LogP contribution in [0.5, 0.6) is 0 Å². The van der Waals surface area contributed by atoms with Gasteiger partial charge in [0, 0.05) is 22.8 Å². The molecule has 0 spiro atoms. The van der Waals surface area contributed by atoms with E-state index in [4.69, 9.17) is 11.6 Å². The predicted molar refractivity (Wildman–Crippen MR) is 108 cm³/mol. The summed E-state index contributed by atoms with van der Waals surface area (Å²) in [5.74, 6) is -0.538. The highest BCUT2D eigenvalue weighted by Crippen LogP contribution is 2.25. The third-order valence-electron chi connectivity index (χ3n) is 4.60. The summed E-state index contributed by atoms with van der Waals surface area (Å²) >= 11 is 5.99. The van der Waals surface area contributed by atoms with Crippen molar-refractivity contribution in [3.05, 3.63) is 75.8 Å². The van der Waals surface area contributed by atoms with Crippen LogP contribution in [0.1, 0.15) is 46.0 Å². The highest BCUT2D eigenvalue weighted by atomic mass is 35.5. The SMILES string of the molecule is Cc1cc(NC(=O)c2cc3nc(C(F)F)cc(C(F)F)n3n2)nn1Cc1cccc(Cl)c1. The summed E-state index contributed by atoms with van der Waals surface area (Å²) in [5.41, 5.74) is -0.513. The first-order valence-corrected chi connectivity index (χ1v) is 9.66. The second-order valence-corrected chi connectivity index (χ2v) is 7.36. The molecule has 1 amide bonds. The Morgan fingerprint density at radius 3 is 2.56 bits per heavy atom. The highest BCUT2D eigenvalue weighted by molar-refractivity contribution is 6.30. The first kappa shape index (κ1) is 21.8. The maximum absolute atomic E-state index is 13.3. The molecule has 1 N–H and O–H groups in total. The molecule has 7 nitrogen and oxygen atoms in total. The van der Waals surface area contributed by atoms with Crippen LogP contribution in [0.3, 0.4) is 0 Å². The monoisotopic (exact) mass is 466 g/mol. The molecule has 0 aliphatic rings. The smallest absolute Gasteiger partial charge is 0.280 e. The molecule has 4 aromatic rings. The Kier molecular flexibility index (Phi) is 5.83. The molecule has 0 radical (unpaired) electrons. The van der Waals surface area contributed by atoms with Gasteiger partial charge in [0.2, 0.25) is 0 Å². The Labute approximate surface area is 183 Å². The van der Waals surface area contributed by atoms with Gasteiger partial charge in [0.05, 0.1) is 6.54 Å². The number of fused-ring (bicyclic) bond motifs is 1. The van der Waals surface area contributed by atoms with Crippen molar-refractivity contribution in [2.24, 2.45) is 0 Å². The van der Waals surface area contributed by atoms with Crippen LogP contribution in [-0.2, 0) is 6.54 Å². The number of amides is 1. The van der Waals surface area contributed by atoms with Gasteiger partial charge in [-0.25, -0.2) is 27.1 Å². The number of aromatic nitrogens is 5. The summed E-state index contributed by atoms with van der Waals surface area (Å²) < 4.78 is 54.9. The number of carbonyl (C=O) groups excluding carboxylic acids is 1. The number of hydrogen-bond acceptors (Lipinski definition) is 4. The second kappa shape index (κ2) is 8.58. The minimum Gasteiger partial charge on any atom is -0.304 e. The number of rotatable bonds is 6. The number of nitrogens with one attached hydrogen (secondary N) is 1. The number of anilines is 1. The van der Waals surface area contributed by atoms with Crippen molar-refractivity contribution in [2.75, 3.05) is 5.32 Å². The van der Waals surface area contributed by atoms with Crippen LogP contribution in [0, 0.1) is 6.92 Å². The zero-order chi connectivity index (χ0) is 23.0. The third-order valence-corrected chi connectivity index (χ3v) is 4.83. The van der Waals surface area contributed by atoms with Crippen LogP contribution in [-0.4, -0.2) is 30.3 Å². The molecule has 3 aromatic heterocycles. The van der Waals surface area contributed by atoms with Gasteiger partial charge in [0.25, 0.3) is 18.8 Å². The van der Waals surface area contributed by atoms with E-state index >= 15 is 0 Å². The van der Waals surface area contributed by atoms with Crippen LogP contribution >= 0.6 is 11.6 Å². The lowest BCUT2D eigenvalue weighted by Crippen LogP contribution is -2.14. The van der Waals surface area contributed by atoms with Gasteiger partial charge >= 0.3 is 0 Å². The fourth-order valence-corrected chi connectivity index (χ4v) is 3.33. The van der Waals surface area contributed by atoms with Crippen molar-refractivity contribution in [2.45, 2.75) is 26.3 Å². The summed E-state index contributed by atoms with van der Waals surface area (Å²) in [6.45, 7) is 2.21. The second-order valence-electron chi connectivity index (χ2n) is 6.92. The van der Waals surface area contributed by atoms with Gasteiger partial charge < -0.3 is 5.32 Å². The number of aryl methyl sites for hydroxylation is 1. The molecule has 4 rings (SSSR count). The predicted octanol–water partition coefficient (Wildman–Crippen LogP) is 5.06. The number of halogens is 5. The quantitative estimate of drug-likeness (QED) is 0.403. The minimum absolute atomic E-state index is 0.210. The van der Waals surface area contributed by atoms with E-state index in [2.05, 4.69) is 20.5 Å². The molecule has 0 aliphatic carbocycles. The van der Waals surface area contributed by atoms with Gasteiger partial charge in [-0.05, 0) is 30.7 Å². The largest absolute Gasteiger partial charge is 0.304 e. The van der Waals surface area contributed by atoms with Gasteiger partial charge in [-0.2, -0.15) is 10.2 Å². The molecule has 3 heterocycles. The standard InChI is InChI=1S/C20H15ClF4N6O/c1-10-5-16(29-30(10)9-11-3-2-4-12(21)6-11)27-20(32)14-8-17-26-13(18(22)23)7-15(19(24)25)31(17)28-14/h2-8,18-19H,9H2,1H3,(H,27,29,32). The number of nitrogens with zero attached hydrogens (tertiary/aromatic N) is 5. The average Bonchev–Trinajstić information content (AvgIpc) is 3.30. The summed E-state index contributed by atoms with van der Waals surface area (Å²) in [7, 11) is 0. The van der Waals surface area contributed by atoms with Crippen LogP contribution in [0.4, 0.5) is 23.4 Å². The number of alkyl halides is 4. The van der Waals surface area contributed by atoms with Crippen molar-refractivity contribution in [3.63, 3.8) is 0 Å². The molecule has 32 heavy (non-hydrogen) atoms. The Bertz CT molecular complexity index is 1300. The molecule has 0 unspecified atom stereocenters. The van der Waals surface area contributed by atoms with Gasteiger partial charge in [-0.3, -0.25) is 9.48 Å². The topological polar surface area (TPSA) is 77.1 Å². The van der Waals surface area contributed by atoms with Crippen LogP contribution < -0.4 is 5.32 Å². The molecule has 0 atom stereocenters. The molecule has 12 heteroatoms. The van der Waals surface area contributed by atoms with Crippen LogP contribution in [0.25, 0.3) is 5.65 Å². The summed E-state index contributed by atoms with van der Waals surface area (Å²) in [5, 5.41) is 11.2. The van der Waals surface area contributed by atoms with Gasteiger partial charge in [-0.15, -0.1) is 0 Å². The number of benzene rings is 1. The van der Waals surface area contributed by atoms with E-state index in [9.17, 15) is 22.4 Å². The van der Waals surface area contributed by atoms with Crippen molar-refractivity contribution >= 4 is 29.0 Å². The molecule has 0 saturated heterocycles. The maximum atomic E-state index is 13.3. The van der Waals surface area contributed by atoms with E-state index in [1.54, 1.807) is 29.8 Å². The maximum Gasteiger partial charge on any atom is 0.280 e. The number of carbonyl (C=O) groups is 1. The van der Waals surface area contributed by atoms with E-state index in [1.165, 1.54) is 0 Å².